The number of urea groups is 1. The fourth-order valence-corrected chi connectivity index (χ4v) is 3.44. The van der Waals surface area contributed by atoms with Crippen molar-refractivity contribution in [1.29, 1.82) is 0 Å². The first kappa shape index (κ1) is 17.2. The van der Waals surface area contributed by atoms with Crippen LogP contribution in [0.5, 0.6) is 0 Å². The molecule has 9 nitrogen and oxygen atoms in total. The lowest BCUT2D eigenvalue weighted by Gasteiger charge is -2.23. The molecule has 2 amide bonds. The minimum absolute atomic E-state index is 0.162. The second-order valence-corrected chi connectivity index (χ2v) is 7.00. The van der Waals surface area contributed by atoms with E-state index in [1.165, 1.54) is 10.7 Å². The Kier molecular flexibility index (Phi) is 3.96. The van der Waals surface area contributed by atoms with Crippen LogP contribution in [0.2, 0.25) is 0 Å². The number of aromatic nitrogens is 4. The molecule has 3 aromatic heterocycles. The van der Waals surface area contributed by atoms with Crippen molar-refractivity contribution in [2.24, 2.45) is 12.8 Å². The van der Waals surface area contributed by atoms with Crippen molar-refractivity contribution >= 4 is 22.8 Å². The van der Waals surface area contributed by atoms with Gasteiger partial charge in [-0.25, -0.2) is 14.5 Å². The van der Waals surface area contributed by atoms with E-state index in [-0.39, 0.29) is 5.56 Å². The zero-order chi connectivity index (χ0) is 19.2. The van der Waals surface area contributed by atoms with E-state index >= 15 is 0 Å². The molecule has 0 saturated carbocycles. The van der Waals surface area contributed by atoms with Gasteiger partial charge in [0.15, 0.2) is 0 Å². The first-order valence-corrected chi connectivity index (χ1v) is 8.58. The second-order valence-electron chi connectivity index (χ2n) is 7.00. The first-order valence-electron chi connectivity index (χ1n) is 8.58. The standard InChI is InChI=1S/C18H20N6O3/c1-18(5-6-27-10-18)24-16(25)4-3-13(22-24)12-9-23(2)14-8-20-15(7-11(12)14)21-17(19)26/h3-4,7-9H,5-6,10H2,1-2H3,(H3,19,20,21,26). The van der Waals surface area contributed by atoms with Crippen molar-refractivity contribution in [2.45, 2.75) is 18.9 Å². The minimum Gasteiger partial charge on any atom is -0.379 e. The first-order chi connectivity index (χ1) is 12.9. The average molecular weight is 368 g/mol. The molecule has 1 aliphatic heterocycles. The Morgan fingerprint density at radius 2 is 2.22 bits per heavy atom. The number of ether oxygens (including phenoxy) is 1. The molecule has 3 aromatic rings. The van der Waals surface area contributed by atoms with E-state index in [1.54, 1.807) is 18.3 Å². The van der Waals surface area contributed by atoms with Crippen molar-refractivity contribution in [1.82, 2.24) is 19.3 Å². The Morgan fingerprint density at radius 1 is 1.41 bits per heavy atom. The van der Waals surface area contributed by atoms with E-state index in [0.717, 1.165) is 22.9 Å². The monoisotopic (exact) mass is 368 g/mol. The Hall–Kier alpha value is -3.20. The molecule has 9 heteroatoms. The van der Waals surface area contributed by atoms with Crippen LogP contribution in [0.4, 0.5) is 10.6 Å². The molecule has 3 N–H and O–H groups in total. The zero-order valence-electron chi connectivity index (χ0n) is 15.1. The quantitative estimate of drug-likeness (QED) is 0.725. The fraction of sp³-hybridized carbons (Fsp3) is 0.333. The molecule has 1 aliphatic rings. The molecule has 1 atom stereocenters. The number of carbonyl (C=O) groups is 1. The van der Waals surface area contributed by atoms with Crippen LogP contribution in [-0.4, -0.2) is 38.6 Å². The number of nitrogens with zero attached hydrogens (tertiary/aromatic N) is 4. The number of primary amides is 1. The molecule has 1 unspecified atom stereocenters. The van der Waals surface area contributed by atoms with Gasteiger partial charge in [-0.15, -0.1) is 0 Å². The van der Waals surface area contributed by atoms with Crippen LogP contribution in [0, 0.1) is 0 Å². The van der Waals surface area contributed by atoms with Crippen molar-refractivity contribution in [3.05, 3.63) is 40.9 Å². The van der Waals surface area contributed by atoms with Crippen LogP contribution in [0.15, 0.2) is 35.4 Å². The van der Waals surface area contributed by atoms with Crippen molar-refractivity contribution in [3.8, 4) is 11.3 Å². The van der Waals surface area contributed by atoms with Crippen LogP contribution < -0.4 is 16.6 Å². The molecular weight excluding hydrogens is 348 g/mol. The molecule has 0 bridgehead atoms. The van der Waals surface area contributed by atoms with Crippen LogP contribution in [0.25, 0.3) is 22.2 Å². The number of rotatable bonds is 3. The lowest BCUT2D eigenvalue weighted by atomic mass is 10.0. The summed E-state index contributed by atoms with van der Waals surface area (Å²) in [5.74, 6) is 0.354. The summed E-state index contributed by atoms with van der Waals surface area (Å²) in [7, 11) is 1.90. The highest BCUT2D eigenvalue weighted by molar-refractivity contribution is 5.97. The number of aryl methyl sites for hydroxylation is 1. The number of nitrogens with one attached hydrogen (secondary N) is 1. The van der Waals surface area contributed by atoms with Crippen LogP contribution in [0.3, 0.4) is 0 Å². The van der Waals surface area contributed by atoms with Crippen LogP contribution >= 0.6 is 0 Å². The summed E-state index contributed by atoms with van der Waals surface area (Å²) < 4.78 is 8.91. The summed E-state index contributed by atoms with van der Waals surface area (Å²) in [4.78, 5) is 27.7. The van der Waals surface area contributed by atoms with Gasteiger partial charge in [-0.3, -0.25) is 10.1 Å². The van der Waals surface area contributed by atoms with E-state index in [4.69, 9.17) is 10.5 Å². The number of hydrogen-bond donors (Lipinski definition) is 2. The molecule has 27 heavy (non-hydrogen) atoms. The molecule has 4 rings (SSSR count). The Morgan fingerprint density at radius 3 is 2.93 bits per heavy atom. The average Bonchev–Trinajstić information content (AvgIpc) is 3.20. The second kappa shape index (κ2) is 6.20. The van der Waals surface area contributed by atoms with Crippen molar-refractivity contribution in [2.75, 3.05) is 18.5 Å². The third-order valence-corrected chi connectivity index (χ3v) is 4.91. The van der Waals surface area contributed by atoms with Gasteiger partial charge in [-0.05, 0) is 25.5 Å². The van der Waals surface area contributed by atoms with Gasteiger partial charge < -0.3 is 15.0 Å². The van der Waals surface area contributed by atoms with Crippen molar-refractivity contribution in [3.63, 3.8) is 0 Å². The van der Waals surface area contributed by atoms with Gasteiger partial charge in [0.25, 0.3) is 5.56 Å². The van der Waals surface area contributed by atoms with E-state index in [2.05, 4.69) is 15.4 Å². The summed E-state index contributed by atoms with van der Waals surface area (Å²) in [6.45, 7) is 3.03. The molecule has 1 saturated heterocycles. The molecule has 0 aromatic carbocycles. The summed E-state index contributed by atoms with van der Waals surface area (Å²) in [5.41, 5.74) is 6.92. The summed E-state index contributed by atoms with van der Waals surface area (Å²) >= 11 is 0. The maximum atomic E-state index is 12.4. The van der Waals surface area contributed by atoms with E-state index in [1.807, 2.05) is 24.7 Å². The number of carbonyl (C=O) groups excluding carboxylic acids is 1. The molecular formula is C18H20N6O3. The predicted octanol–water partition coefficient (Wildman–Crippen LogP) is 1.42. The number of nitrogens with two attached hydrogens (primary N) is 1. The van der Waals surface area contributed by atoms with Crippen molar-refractivity contribution < 1.29 is 9.53 Å². The maximum absolute atomic E-state index is 12.4. The summed E-state index contributed by atoms with van der Waals surface area (Å²) in [5, 5.41) is 7.96. The molecule has 1 fully saturated rings. The van der Waals surface area contributed by atoms with Crippen LogP contribution in [-0.2, 0) is 17.3 Å². The fourth-order valence-electron chi connectivity index (χ4n) is 3.44. The zero-order valence-corrected chi connectivity index (χ0v) is 15.1. The van der Waals surface area contributed by atoms with Gasteiger partial charge in [0, 0.05) is 36.9 Å². The Labute approximate surface area is 154 Å². The topological polar surface area (TPSA) is 117 Å². The van der Waals surface area contributed by atoms with Gasteiger partial charge in [0.2, 0.25) is 0 Å². The molecule has 4 heterocycles. The number of pyridine rings is 1. The molecule has 0 aliphatic carbocycles. The van der Waals surface area contributed by atoms with Gasteiger partial charge in [0.05, 0.1) is 29.6 Å². The van der Waals surface area contributed by atoms with E-state index < -0.39 is 11.6 Å². The number of anilines is 1. The molecule has 0 spiro atoms. The largest absolute Gasteiger partial charge is 0.379 e. The normalized spacial score (nSPS) is 19.5. The third kappa shape index (κ3) is 2.95. The lowest BCUT2D eigenvalue weighted by Crippen LogP contribution is -2.40. The Bertz CT molecular complexity index is 1090. The molecule has 0 radical (unpaired) electrons. The lowest BCUT2D eigenvalue weighted by molar-refractivity contribution is 0.153. The number of amides is 2. The highest BCUT2D eigenvalue weighted by atomic mass is 16.5. The Balaban J connectivity index is 1.87. The number of fused-ring (bicyclic) bond motifs is 1. The van der Waals surface area contributed by atoms with Gasteiger partial charge in [-0.2, -0.15) is 5.10 Å². The predicted molar refractivity (Wildman–Crippen MR) is 100 cm³/mol. The maximum Gasteiger partial charge on any atom is 0.317 e. The van der Waals surface area contributed by atoms with Crippen LogP contribution in [0.1, 0.15) is 13.3 Å². The smallest absolute Gasteiger partial charge is 0.317 e. The van der Waals surface area contributed by atoms with E-state index in [9.17, 15) is 9.59 Å². The third-order valence-electron chi connectivity index (χ3n) is 4.91. The van der Waals surface area contributed by atoms with Gasteiger partial charge in [-0.1, -0.05) is 0 Å². The minimum atomic E-state index is -0.680. The highest BCUT2D eigenvalue weighted by Crippen LogP contribution is 2.31. The van der Waals surface area contributed by atoms with Gasteiger partial charge >= 0.3 is 6.03 Å². The van der Waals surface area contributed by atoms with Gasteiger partial charge in [0.1, 0.15) is 5.82 Å². The summed E-state index contributed by atoms with van der Waals surface area (Å²) in [6, 6.07) is 4.29. The SMILES string of the molecule is Cn1cc(-c2ccc(=O)n(C3(C)CCOC3)n2)c2cc(NC(N)=O)ncc21. The number of hydrogen-bond acceptors (Lipinski definition) is 5. The van der Waals surface area contributed by atoms with E-state index in [0.29, 0.717) is 24.7 Å². The highest BCUT2D eigenvalue weighted by Gasteiger charge is 2.34. The molecule has 140 valence electrons. The summed E-state index contributed by atoms with van der Waals surface area (Å²) in [6.07, 6.45) is 4.31.